The molecule has 1 rings (SSSR count). The molecule has 1 N–H and O–H groups in total. The summed E-state index contributed by atoms with van der Waals surface area (Å²) in [5.41, 5.74) is 0.415. The van der Waals surface area contributed by atoms with Crippen molar-refractivity contribution in [2.75, 3.05) is 14.1 Å². The first-order chi connectivity index (χ1) is 7.23. The molecular weight excluding hydrogens is 200 g/mol. The van der Waals surface area contributed by atoms with E-state index in [4.69, 9.17) is 0 Å². The van der Waals surface area contributed by atoms with Crippen LogP contribution >= 0.6 is 0 Å². The minimum Gasteiger partial charge on any atom is -0.347 e. The Bertz CT molecular complexity index is 261. The zero-order chi connectivity index (χ0) is 12.5. The van der Waals surface area contributed by atoms with Crippen LogP contribution in [0.1, 0.15) is 40.5 Å². The quantitative estimate of drug-likeness (QED) is 0.797. The molecule has 16 heavy (non-hydrogen) atoms. The third-order valence-electron chi connectivity index (χ3n) is 3.61. The predicted octanol–water partition coefficient (Wildman–Crippen LogP) is 1.88. The van der Waals surface area contributed by atoms with Crippen LogP contribution in [0.15, 0.2) is 0 Å². The van der Waals surface area contributed by atoms with Crippen LogP contribution in [-0.4, -0.2) is 37.0 Å². The average molecular weight is 226 g/mol. The minimum atomic E-state index is -0.0728. The van der Waals surface area contributed by atoms with Crippen molar-refractivity contribution in [1.29, 1.82) is 0 Å². The predicted molar refractivity (Wildman–Crippen MR) is 67.3 cm³/mol. The summed E-state index contributed by atoms with van der Waals surface area (Å²) in [5.74, 6) is 0.823. The molecule has 3 unspecified atom stereocenters. The van der Waals surface area contributed by atoms with Crippen molar-refractivity contribution in [1.82, 2.24) is 10.2 Å². The van der Waals surface area contributed by atoms with E-state index in [9.17, 15) is 4.79 Å². The van der Waals surface area contributed by atoms with Gasteiger partial charge in [0.1, 0.15) is 0 Å². The topological polar surface area (TPSA) is 32.3 Å². The number of carbonyl (C=O) groups is 1. The summed E-state index contributed by atoms with van der Waals surface area (Å²) >= 11 is 0. The van der Waals surface area contributed by atoms with E-state index in [0.717, 1.165) is 0 Å². The Kier molecular flexibility index (Phi) is 4.00. The maximum absolute atomic E-state index is 11.8. The smallest absolute Gasteiger partial charge is 0.238 e. The third-order valence-corrected chi connectivity index (χ3v) is 3.61. The van der Waals surface area contributed by atoms with E-state index in [1.807, 2.05) is 21.0 Å². The van der Waals surface area contributed by atoms with E-state index in [0.29, 0.717) is 17.4 Å². The van der Waals surface area contributed by atoms with Gasteiger partial charge in [0.25, 0.3) is 0 Å². The molecule has 94 valence electrons. The first-order valence-electron chi connectivity index (χ1n) is 6.20. The minimum absolute atomic E-state index is 0.0728. The third kappa shape index (κ3) is 3.21. The van der Waals surface area contributed by atoms with Crippen LogP contribution in [0.25, 0.3) is 0 Å². The molecule has 1 amide bonds. The zero-order valence-electron chi connectivity index (χ0n) is 11.5. The Morgan fingerprint density at radius 3 is 2.31 bits per heavy atom. The Morgan fingerprint density at radius 1 is 1.38 bits per heavy atom. The highest BCUT2D eigenvalue weighted by atomic mass is 16.2. The number of likely N-dealkylation sites (N-methyl/N-ethyl adjacent to an activating group) is 1. The lowest BCUT2D eigenvalue weighted by molar-refractivity contribution is -0.130. The van der Waals surface area contributed by atoms with Gasteiger partial charge in [0.2, 0.25) is 5.91 Å². The second-order valence-electron chi connectivity index (χ2n) is 6.28. The molecule has 3 atom stereocenters. The number of nitrogens with zero attached hydrogens (tertiary/aromatic N) is 1. The van der Waals surface area contributed by atoms with Gasteiger partial charge in [-0.3, -0.25) is 4.79 Å². The van der Waals surface area contributed by atoms with Crippen LogP contribution in [-0.2, 0) is 4.79 Å². The van der Waals surface area contributed by atoms with Gasteiger partial charge in [-0.1, -0.05) is 20.8 Å². The van der Waals surface area contributed by atoms with Gasteiger partial charge in [-0.25, -0.2) is 0 Å². The molecule has 0 saturated heterocycles. The molecule has 0 bridgehead atoms. The van der Waals surface area contributed by atoms with Gasteiger partial charge in [0, 0.05) is 20.1 Å². The van der Waals surface area contributed by atoms with Crippen molar-refractivity contribution < 1.29 is 4.79 Å². The van der Waals surface area contributed by atoms with Crippen LogP contribution in [0.4, 0.5) is 0 Å². The monoisotopic (exact) mass is 226 g/mol. The molecule has 0 spiro atoms. The molecule has 0 heterocycles. The van der Waals surface area contributed by atoms with Gasteiger partial charge in [-0.2, -0.15) is 0 Å². The van der Waals surface area contributed by atoms with Crippen molar-refractivity contribution in [2.24, 2.45) is 11.3 Å². The summed E-state index contributed by atoms with van der Waals surface area (Å²) in [6.45, 7) is 8.85. The van der Waals surface area contributed by atoms with Crippen molar-refractivity contribution in [2.45, 2.75) is 52.6 Å². The highest BCUT2D eigenvalue weighted by Crippen LogP contribution is 2.40. The lowest BCUT2D eigenvalue weighted by Crippen LogP contribution is -2.47. The van der Waals surface area contributed by atoms with E-state index in [1.165, 1.54) is 12.8 Å². The summed E-state index contributed by atoms with van der Waals surface area (Å²) in [7, 11) is 3.62. The van der Waals surface area contributed by atoms with Crippen LogP contribution in [0.3, 0.4) is 0 Å². The Hall–Kier alpha value is -0.570. The molecular formula is C13H26N2O. The lowest BCUT2D eigenvalue weighted by Gasteiger charge is -2.24. The van der Waals surface area contributed by atoms with Gasteiger partial charge in [0.05, 0.1) is 6.04 Å². The van der Waals surface area contributed by atoms with Crippen LogP contribution in [0, 0.1) is 11.3 Å². The number of hydrogen-bond acceptors (Lipinski definition) is 2. The molecule has 0 radical (unpaired) electrons. The van der Waals surface area contributed by atoms with E-state index in [2.05, 4.69) is 26.1 Å². The van der Waals surface area contributed by atoms with Crippen LogP contribution < -0.4 is 5.32 Å². The normalized spacial score (nSPS) is 30.1. The summed E-state index contributed by atoms with van der Waals surface area (Å²) in [4.78, 5) is 13.4. The molecule has 0 aromatic rings. The number of amides is 1. The standard InChI is InChI=1S/C13H26N2O/c1-9-7-13(3,4)8-11(9)14-10(2)12(16)15(5)6/h9-11,14H,7-8H2,1-6H3. The first kappa shape index (κ1) is 13.5. The molecule has 3 nitrogen and oxygen atoms in total. The van der Waals surface area contributed by atoms with Gasteiger partial charge in [-0.05, 0) is 31.1 Å². The fraction of sp³-hybridized carbons (Fsp3) is 0.923. The van der Waals surface area contributed by atoms with Crippen molar-refractivity contribution >= 4 is 5.91 Å². The van der Waals surface area contributed by atoms with Gasteiger partial charge in [-0.15, -0.1) is 0 Å². The summed E-state index contributed by atoms with van der Waals surface area (Å²) < 4.78 is 0. The van der Waals surface area contributed by atoms with Crippen molar-refractivity contribution in [3.05, 3.63) is 0 Å². The summed E-state index contributed by atoms with van der Waals surface area (Å²) in [6, 6.07) is 0.408. The Labute approximate surface area is 99.6 Å². The molecule has 1 saturated carbocycles. The SMILES string of the molecule is CC(NC1CC(C)(C)CC1C)C(=O)N(C)C. The largest absolute Gasteiger partial charge is 0.347 e. The average Bonchev–Trinajstić information content (AvgIpc) is 2.38. The fourth-order valence-electron chi connectivity index (χ4n) is 2.90. The zero-order valence-corrected chi connectivity index (χ0v) is 11.5. The molecule has 0 aromatic heterocycles. The lowest BCUT2D eigenvalue weighted by atomic mass is 9.91. The van der Waals surface area contributed by atoms with Crippen LogP contribution in [0.5, 0.6) is 0 Å². The molecule has 0 aliphatic heterocycles. The Balaban J connectivity index is 2.52. The number of hydrogen-bond donors (Lipinski definition) is 1. The number of carbonyl (C=O) groups excluding carboxylic acids is 1. The number of nitrogens with one attached hydrogen (secondary N) is 1. The van der Waals surface area contributed by atoms with E-state index < -0.39 is 0 Å². The Morgan fingerprint density at radius 2 is 1.94 bits per heavy atom. The highest BCUT2D eigenvalue weighted by molar-refractivity contribution is 5.80. The van der Waals surface area contributed by atoms with Crippen molar-refractivity contribution in [3.63, 3.8) is 0 Å². The number of rotatable bonds is 3. The molecule has 3 heteroatoms. The second-order valence-corrected chi connectivity index (χ2v) is 6.28. The second kappa shape index (κ2) is 4.74. The van der Waals surface area contributed by atoms with E-state index >= 15 is 0 Å². The van der Waals surface area contributed by atoms with E-state index in [1.54, 1.807) is 4.90 Å². The van der Waals surface area contributed by atoms with Gasteiger partial charge in [0.15, 0.2) is 0 Å². The van der Waals surface area contributed by atoms with Gasteiger partial charge >= 0.3 is 0 Å². The first-order valence-corrected chi connectivity index (χ1v) is 6.20. The molecule has 1 fully saturated rings. The molecule has 1 aliphatic rings. The molecule has 1 aliphatic carbocycles. The van der Waals surface area contributed by atoms with Crippen molar-refractivity contribution in [3.8, 4) is 0 Å². The highest BCUT2D eigenvalue weighted by Gasteiger charge is 2.37. The maximum Gasteiger partial charge on any atom is 0.238 e. The van der Waals surface area contributed by atoms with Gasteiger partial charge < -0.3 is 10.2 Å². The van der Waals surface area contributed by atoms with Crippen LogP contribution in [0.2, 0.25) is 0 Å². The van der Waals surface area contributed by atoms with E-state index in [-0.39, 0.29) is 11.9 Å². The fourth-order valence-corrected chi connectivity index (χ4v) is 2.90. The molecule has 0 aromatic carbocycles. The maximum atomic E-state index is 11.8. The summed E-state index contributed by atoms with van der Waals surface area (Å²) in [5, 5.41) is 3.47. The summed E-state index contributed by atoms with van der Waals surface area (Å²) in [6.07, 6.45) is 2.41.